The Kier molecular flexibility index (Phi) is 9.56. The van der Waals surface area contributed by atoms with Crippen LogP contribution in [-0.4, -0.2) is 47.2 Å². The van der Waals surface area contributed by atoms with Gasteiger partial charge in [-0.3, -0.25) is 4.79 Å². The lowest BCUT2D eigenvalue weighted by Gasteiger charge is -2.25. The molecule has 2 fully saturated rings. The lowest BCUT2D eigenvalue weighted by molar-refractivity contribution is 0.0951. The number of amides is 1. The summed E-state index contributed by atoms with van der Waals surface area (Å²) in [6.07, 6.45) is 10.2. The summed E-state index contributed by atoms with van der Waals surface area (Å²) >= 11 is 1.52. The van der Waals surface area contributed by atoms with E-state index >= 15 is 0 Å². The van der Waals surface area contributed by atoms with Crippen LogP contribution in [0.25, 0.3) is 0 Å². The highest BCUT2D eigenvalue weighted by atomic mass is 32.2. The highest BCUT2D eigenvalue weighted by Crippen LogP contribution is 2.26. The number of nitrogens with one attached hydrogen (secondary N) is 2. The lowest BCUT2D eigenvalue weighted by Crippen LogP contribution is -2.35. The molecule has 0 spiro atoms. The molecule has 8 heteroatoms. The van der Waals surface area contributed by atoms with Crippen molar-refractivity contribution in [1.82, 2.24) is 14.9 Å². The minimum Gasteiger partial charge on any atom is -0.497 e. The van der Waals surface area contributed by atoms with E-state index < -0.39 is 11.0 Å². The number of carbonyl (C=O) groups is 1. The molecule has 2 unspecified atom stereocenters. The molecular weight excluding hydrogens is 466 g/mol. The number of benzene rings is 1. The topological polar surface area (TPSA) is 70.7 Å². The summed E-state index contributed by atoms with van der Waals surface area (Å²) in [6.45, 7) is 3.29. The van der Waals surface area contributed by atoms with E-state index in [0.717, 1.165) is 53.9 Å². The first-order valence-electron chi connectivity index (χ1n) is 12.5. The minimum absolute atomic E-state index is 0.144. The van der Waals surface area contributed by atoms with Gasteiger partial charge in [-0.05, 0) is 74.9 Å². The summed E-state index contributed by atoms with van der Waals surface area (Å²) < 4.78 is 21.4. The van der Waals surface area contributed by atoms with Crippen LogP contribution in [0, 0.1) is 5.92 Å². The minimum atomic E-state index is -1.14. The van der Waals surface area contributed by atoms with Crippen molar-refractivity contribution in [2.45, 2.75) is 68.2 Å². The molecule has 2 heterocycles. The summed E-state index contributed by atoms with van der Waals surface area (Å²) in [5, 5.41) is 6.76. The van der Waals surface area contributed by atoms with E-state index in [2.05, 4.69) is 14.9 Å². The van der Waals surface area contributed by atoms with Gasteiger partial charge in [-0.2, -0.15) is 0 Å². The number of hydrogen-bond donors (Lipinski definition) is 2. The van der Waals surface area contributed by atoms with Crippen LogP contribution in [0.5, 0.6) is 5.75 Å². The van der Waals surface area contributed by atoms with Crippen LogP contribution in [0.3, 0.4) is 0 Å². The standard InChI is InChI=1S/C26H37N3O3S2/c1-32-23-11-5-9-21(17-23)26(30)28-19-24-12-13-25(33-24)34(31)29-15-6-10-22(14-16-29)27-18-20-7-3-2-4-8-20/h5,9,11-13,17,20,22,27H,2-4,6-8,10,14-16,18-19H2,1H3,(H,28,30). The van der Waals surface area contributed by atoms with Crippen molar-refractivity contribution < 1.29 is 13.7 Å². The van der Waals surface area contributed by atoms with Crippen molar-refractivity contribution >= 4 is 28.2 Å². The molecule has 2 N–H and O–H groups in total. The van der Waals surface area contributed by atoms with Gasteiger partial charge >= 0.3 is 0 Å². The molecule has 4 rings (SSSR count). The Morgan fingerprint density at radius 3 is 2.76 bits per heavy atom. The molecule has 1 amide bonds. The number of rotatable bonds is 9. The van der Waals surface area contributed by atoms with Gasteiger partial charge in [-0.15, -0.1) is 11.3 Å². The number of carbonyl (C=O) groups excluding carboxylic acids is 1. The molecule has 34 heavy (non-hydrogen) atoms. The van der Waals surface area contributed by atoms with E-state index in [0.29, 0.717) is 23.9 Å². The Hall–Kier alpha value is -1.74. The Morgan fingerprint density at radius 1 is 1.09 bits per heavy atom. The van der Waals surface area contributed by atoms with E-state index in [-0.39, 0.29) is 5.91 Å². The van der Waals surface area contributed by atoms with Crippen molar-refractivity contribution in [1.29, 1.82) is 0 Å². The zero-order chi connectivity index (χ0) is 23.8. The summed E-state index contributed by atoms with van der Waals surface area (Å²) in [7, 11) is 0.443. The highest BCUT2D eigenvalue weighted by Gasteiger charge is 2.23. The summed E-state index contributed by atoms with van der Waals surface area (Å²) in [6, 6.07) is 11.6. The van der Waals surface area contributed by atoms with Crippen molar-refractivity contribution in [2.24, 2.45) is 5.92 Å². The first-order valence-corrected chi connectivity index (χ1v) is 14.5. The van der Waals surface area contributed by atoms with Gasteiger partial charge in [0.15, 0.2) is 0 Å². The molecule has 1 aliphatic heterocycles. The van der Waals surface area contributed by atoms with Gasteiger partial charge in [-0.1, -0.05) is 25.3 Å². The van der Waals surface area contributed by atoms with Crippen molar-refractivity contribution in [3.63, 3.8) is 0 Å². The third-order valence-corrected chi connectivity index (χ3v) is 9.78. The molecule has 0 bridgehead atoms. The fraction of sp³-hybridized carbons (Fsp3) is 0.577. The maximum Gasteiger partial charge on any atom is 0.251 e. The van der Waals surface area contributed by atoms with E-state index in [4.69, 9.17) is 4.74 Å². The number of ether oxygens (including phenoxy) is 1. The second kappa shape index (κ2) is 12.8. The largest absolute Gasteiger partial charge is 0.497 e. The average molecular weight is 504 g/mol. The van der Waals surface area contributed by atoms with Crippen LogP contribution >= 0.6 is 11.3 Å². The van der Waals surface area contributed by atoms with Crippen LogP contribution < -0.4 is 15.4 Å². The van der Waals surface area contributed by atoms with Crippen LogP contribution in [-0.2, 0) is 17.5 Å². The Morgan fingerprint density at radius 2 is 1.94 bits per heavy atom. The summed E-state index contributed by atoms with van der Waals surface area (Å²) in [5.41, 5.74) is 0.566. The second-order valence-electron chi connectivity index (χ2n) is 9.35. The zero-order valence-corrected chi connectivity index (χ0v) is 21.7. The highest BCUT2D eigenvalue weighted by molar-refractivity contribution is 7.85. The van der Waals surface area contributed by atoms with Crippen molar-refractivity contribution in [3.05, 3.63) is 46.8 Å². The molecule has 0 radical (unpaired) electrons. The second-order valence-corrected chi connectivity index (χ2v) is 12.2. The Labute approximate surface area is 210 Å². The van der Waals surface area contributed by atoms with E-state index in [1.165, 1.54) is 43.4 Å². The van der Waals surface area contributed by atoms with Crippen molar-refractivity contribution in [3.8, 4) is 5.75 Å². The molecule has 1 aromatic heterocycles. The molecular formula is C26H37N3O3S2. The van der Waals surface area contributed by atoms with Crippen LogP contribution in [0.15, 0.2) is 40.6 Å². The van der Waals surface area contributed by atoms with Gasteiger partial charge in [0, 0.05) is 29.6 Å². The molecule has 6 nitrogen and oxygen atoms in total. The average Bonchev–Trinajstić information content (AvgIpc) is 3.23. The zero-order valence-electron chi connectivity index (χ0n) is 20.1. The maximum atomic E-state index is 13.2. The molecule has 186 valence electrons. The first kappa shape index (κ1) is 25.4. The first-order chi connectivity index (χ1) is 16.6. The summed E-state index contributed by atoms with van der Waals surface area (Å²) in [5.74, 6) is 1.36. The predicted octanol–water partition coefficient (Wildman–Crippen LogP) is 4.73. The predicted molar refractivity (Wildman–Crippen MR) is 139 cm³/mol. The molecule has 1 saturated carbocycles. The molecule has 1 aliphatic carbocycles. The van der Waals surface area contributed by atoms with Crippen LogP contribution in [0.2, 0.25) is 0 Å². The molecule has 2 aromatic rings. The van der Waals surface area contributed by atoms with Gasteiger partial charge in [0.05, 0.1) is 13.7 Å². The van der Waals surface area contributed by atoms with E-state index in [1.807, 2.05) is 18.2 Å². The smallest absolute Gasteiger partial charge is 0.251 e. The van der Waals surface area contributed by atoms with Gasteiger partial charge in [0.2, 0.25) is 0 Å². The number of hydrogen-bond acceptors (Lipinski definition) is 5. The monoisotopic (exact) mass is 503 g/mol. The van der Waals surface area contributed by atoms with Crippen molar-refractivity contribution in [2.75, 3.05) is 26.7 Å². The molecule has 2 aliphatic rings. The summed E-state index contributed by atoms with van der Waals surface area (Å²) in [4.78, 5) is 13.5. The molecule has 1 aromatic carbocycles. The number of nitrogens with zero attached hydrogens (tertiary/aromatic N) is 1. The number of methoxy groups -OCH3 is 1. The van der Waals surface area contributed by atoms with Gasteiger partial charge in [-0.25, -0.2) is 8.51 Å². The van der Waals surface area contributed by atoms with Gasteiger partial charge in [0.25, 0.3) is 5.91 Å². The van der Waals surface area contributed by atoms with Gasteiger partial charge < -0.3 is 15.4 Å². The van der Waals surface area contributed by atoms with Gasteiger partial charge in [0.1, 0.15) is 20.9 Å². The molecule has 2 atom stereocenters. The Balaban J connectivity index is 1.24. The van der Waals surface area contributed by atoms with Crippen LogP contribution in [0.1, 0.15) is 66.6 Å². The fourth-order valence-electron chi connectivity index (χ4n) is 4.87. The third-order valence-electron chi connectivity index (χ3n) is 6.91. The van der Waals surface area contributed by atoms with E-state index in [9.17, 15) is 9.00 Å². The molecule has 1 saturated heterocycles. The maximum absolute atomic E-state index is 13.2. The van der Waals surface area contributed by atoms with E-state index in [1.54, 1.807) is 25.3 Å². The third kappa shape index (κ3) is 7.13. The fourth-order valence-corrected chi connectivity index (χ4v) is 7.48. The SMILES string of the molecule is COc1cccc(C(=O)NCc2ccc(S(=O)N3CCCC(NCC4CCCCC4)CC3)s2)c1. The lowest BCUT2D eigenvalue weighted by atomic mass is 9.89. The quantitative estimate of drug-likeness (QED) is 0.519. The van der Waals surface area contributed by atoms with Crippen LogP contribution in [0.4, 0.5) is 0 Å². The number of thiophene rings is 1. The Bertz CT molecular complexity index is 958. The normalized spacial score (nSPS) is 21.0.